The minimum Gasteiger partial charge on any atom is -0.490 e. The van der Waals surface area contributed by atoms with E-state index in [-0.39, 0.29) is 5.91 Å². The molecule has 186 valence electrons. The molecular formula is C29H31N3O4. The molecule has 7 heteroatoms. The first-order valence-corrected chi connectivity index (χ1v) is 12.1. The third-order valence-electron chi connectivity index (χ3n) is 5.91. The minimum absolute atomic E-state index is 0.295. The van der Waals surface area contributed by atoms with Crippen LogP contribution in [0, 0.1) is 0 Å². The van der Waals surface area contributed by atoms with Crippen LogP contribution in [-0.4, -0.2) is 46.3 Å². The molecule has 0 radical (unpaired) electrons. The number of nitrogens with zero attached hydrogens (tertiary/aromatic N) is 1. The summed E-state index contributed by atoms with van der Waals surface area (Å²) in [5, 5.41) is 13.1. The van der Waals surface area contributed by atoms with Crippen LogP contribution >= 0.6 is 0 Å². The highest BCUT2D eigenvalue weighted by Crippen LogP contribution is 2.23. The highest BCUT2D eigenvalue weighted by atomic mass is 16.5. The number of carbonyl (C=O) groups excluding carboxylic acids is 1. The molecule has 1 aromatic heterocycles. The fraction of sp³-hybridized carbons (Fsp3) is 0.241. The number of aromatic nitrogens is 2. The van der Waals surface area contributed by atoms with Gasteiger partial charge in [0.25, 0.3) is 5.91 Å². The number of aliphatic hydroxyl groups is 1. The van der Waals surface area contributed by atoms with Crippen LogP contribution in [0.5, 0.6) is 11.5 Å². The first-order chi connectivity index (χ1) is 17.6. The van der Waals surface area contributed by atoms with E-state index in [0.717, 1.165) is 22.6 Å². The van der Waals surface area contributed by atoms with Crippen LogP contribution in [-0.2, 0) is 6.42 Å². The number of imidazole rings is 1. The maximum absolute atomic E-state index is 12.3. The second-order valence-electron chi connectivity index (χ2n) is 8.52. The number of aliphatic hydroxyl groups excluding tert-OH is 1. The fourth-order valence-electron chi connectivity index (χ4n) is 3.91. The standard InChI is InChI=1S/C29H31N3O4/c1-21(33)26(32-29(34)27-19-30-20-31-27)16-13-24-9-5-6-10-28(24)36-18-17-35-25-14-11-23(12-15-25)22-7-3-2-4-8-22/h2-12,14-15,19-21,26,33H,13,16-18H2,1H3,(H,30,31)(H,32,34)/t21-,26+/m0/s1. The molecule has 0 saturated carbocycles. The number of aryl methyl sites for hydroxylation is 1. The van der Waals surface area contributed by atoms with E-state index in [1.54, 1.807) is 6.92 Å². The van der Waals surface area contributed by atoms with Gasteiger partial charge in [0.2, 0.25) is 0 Å². The molecule has 0 bridgehead atoms. The number of amides is 1. The summed E-state index contributed by atoms with van der Waals surface area (Å²) in [6.07, 6.45) is 3.39. The Labute approximate surface area is 211 Å². The molecule has 1 amide bonds. The van der Waals surface area contributed by atoms with Crippen LogP contribution in [0.15, 0.2) is 91.4 Å². The van der Waals surface area contributed by atoms with Crippen molar-refractivity contribution in [3.8, 4) is 22.6 Å². The second-order valence-corrected chi connectivity index (χ2v) is 8.52. The first-order valence-electron chi connectivity index (χ1n) is 12.1. The summed E-state index contributed by atoms with van der Waals surface area (Å²) in [5.74, 6) is 1.26. The molecule has 0 spiro atoms. The van der Waals surface area contributed by atoms with Gasteiger partial charge in [-0.15, -0.1) is 0 Å². The zero-order chi connectivity index (χ0) is 25.2. The van der Waals surface area contributed by atoms with Gasteiger partial charge in [0.05, 0.1) is 24.7 Å². The predicted octanol–water partition coefficient (Wildman–Crippen LogP) is 4.65. The molecular weight excluding hydrogens is 454 g/mol. The molecule has 3 N–H and O–H groups in total. The molecule has 0 fully saturated rings. The molecule has 1 heterocycles. The number of aromatic amines is 1. The van der Waals surface area contributed by atoms with Crippen LogP contribution in [0.4, 0.5) is 0 Å². The van der Waals surface area contributed by atoms with E-state index in [0.29, 0.717) is 31.7 Å². The van der Waals surface area contributed by atoms with Crippen LogP contribution in [0.1, 0.15) is 29.4 Å². The quantitative estimate of drug-likeness (QED) is 0.254. The van der Waals surface area contributed by atoms with Crippen molar-refractivity contribution in [1.29, 1.82) is 0 Å². The Morgan fingerprint density at radius 3 is 2.36 bits per heavy atom. The Balaban J connectivity index is 1.26. The Kier molecular flexibility index (Phi) is 8.72. The summed E-state index contributed by atoms with van der Waals surface area (Å²) in [4.78, 5) is 19.0. The predicted molar refractivity (Wildman–Crippen MR) is 139 cm³/mol. The van der Waals surface area contributed by atoms with Crippen LogP contribution < -0.4 is 14.8 Å². The van der Waals surface area contributed by atoms with E-state index >= 15 is 0 Å². The number of carbonyl (C=O) groups is 1. The van der Waals surface area contributed by atoms with Crippen molar-refractivity contribution in [3.63, 3.8) is 0 Å². The second kappa shape index (κ2) is 12.6. The van der Waals surface area contributed by atoms with Crippen molar-refractivity contribution in [3.05, 3.63) is 103 Å². The summed E-state index contributed by atoms with van der Waals surface area (Å²) in [7, 11) is 0. The monoisotopic (exact) mass is 485 g/mol. The molecule has 0 aliphatic carbocycles. The van der Waals surface area contributed by atoms with Crippen LogP contribution in [0.3, 0.4) is 0 Å². The molecule has 0 saturated heterocycles. The van der Waals surface area contributed by atoms with Gasteiger partial charge >= 0.3 is 0 Å². The zero-order valence-electron chi connectivity index (χ0n) is 20.3. The number of hydrogen-bond acceptors (Lipinski definition) is 5. The van der Waals surface area contributed by atoms with Gasteiger partial charge in [-0.25, -0.2) is 4.98 Å². The maximum atomic E-state index is 12.3. The number of ether oxygens (including phenoxy) is 2. The first kappa shape index (κ1) is 25.0. The Bertz CT molecular complexity index is 1210. The largest absolute Gasteiger partial charge is 0.490 e. The molecule has 3 aromatic carbocycles. The Morgan fingerprint density at radius 2 is 1.64 bits per heavy atom. The fourth-order valence-corrected chi connectivity index (χ4v) is 3.91. The van der Waals surface area contributed by atoms with E-state index in [1.807, 2.05) is 66.7 Å². The summed E-state index contributed by atoms with van der Waals surface area (Å²) in [6, 6.07) is 25.6. The molecule has 4 rings (SSSR count). The molecule has 4 aromatic rings. The molecule has 0 aliphatic heterocycles. The highest BCUT2D eigenvalue weighted by molar-refractivity contribution is 5.92. The normalized spacial score (nSPS) is 12.5. The number of rotatable bonds is 12. The maximum Gasteiger partial charge on any atom is 0.269 e. The van der Waals surface area contributed by atoms with Crippen molar-refractivity contribution in [2.24, 2.45) is 0 Å². The van der Waals surface area contributed by atoms with E-state index in [2.05, 4.69) is 27.4 Å². The van der Waals surface area contributed by atoms with Gasteiger partial charge < -0.3 is 24.9 Å². The smallest absolute Gasteiger partial charge is 0.269 e. The summed E-state index contributed by atoms with van der Waals surface area (Å²) in [6.45, 7) is 2.48. The van der Waals surface area contributed by atoms with Gasteiger partial charge in [-0.2, -0.15) is 0 Å². The number of nitrogens with one attached hydrogen (secondary N) is 2. The average Bonchev–Trinajstić information content (AvgIpc) is 3.46. The number of H-pyrrole nitrogens is 1. The lowest BCUT2D eigenvalue weighted by atomic mass is 10.0. The lowest BCUT2D eigenvalue weighted by Gasteiger charge is -2.22. The lowest BCUT2D eigenvalue weighted by molar-refractivity contribution is 0.0846. The van der Waals surface area contributed by atoms with Crippen molar-refractivity contribution < 1.29 is 19.4 Å². The topological polar surface area (TPSA) is 96.5 Å². The summed E-state index contributed by atoms with van der Waals surface area (Å²) in [5.41, 5.74) is 3.68. The SMILES string of the molecule is C[C@H](O)[C@@H](CCc1ccccc1OCCOc1ccc(-c2ccccc2)cc1)NC(=O)c1cnc[nH]1. The number of hydrogen-bond donors (Lipinski definition) is 3. The van der Waals surface area contributed by atoms with Gasteiger partial charge in [0, 0.05) is 0 Å². The van der Waals surface area contributed by atoms with Crippen LogP contribution in [0.2, 0.25) is 0 Å². The summed E-state index contributed by atoms with van der Waals surface area (Å²) >= 11 is 0. The lowest BCUT2D eigenvalue weighted by Crippen LogP contribution is -2.42. The summed E-state index contributed by atoms with van der Waals surface area (Å²) < 4.78 is 11.9. The molecule has 2 atom stereocenters. The van der Waals surface area contributed by atoms with E-state index in [4.69, 9.17) is 9.47 Å². The van der Waals surface area contributed by atoms with Gasteiger partial charge in [-0.1, -0.05) is 60.7 Å². The molecule has 7 nitrogen and oxygen atoms in total. The number of benzene rings is 3. The van der Waals surface area contributed by atoms with Gasteiger partial charge in [-0.3, -0.25) is 4.79 Å². The highest BCUT2D eigenvalue weighted by Gasteiger charge is 2.20. The Hall–Kier alpha value is -4.10. The van der Waals surface area contributed by atoms with Crippen molar-refractivity contribution in [1.82, 2.24) is 15.3 Å². The van der Waals surface area contributed by atoms with E-state index in [9.17, 15) is 9.90 Å². The van der Waals surface area contributed by atoms with Crippen molar-refractivity contribution in [2.75, 3.05) is 13.2 Å². The van der Waals surface area contributed by atoms with Crippen molar-refractivity contribution >= 4 is 5.91 Å². The third kappa shape index (κ3) is 6.96. The zero-order valence-corrected chi connectivity index (χ0v) is 20.3. The van der Waals surface area contributed by atoms with Gasteiger partial charge in [0.1, 0.15) is 30.4 Å². The molecule has 0 unspecified atom stereocenters. The van der Waals surface area contributed by atoms with Crippen molar-refractivity contribution in [2.45, 2.75) is 31.9 Å². The average molecular weight is 486 g/mol. The van der Waals surface area contributed by atoms with E-state index < -0.39 is 12.1 Å². The van der Waals surface area contributed by atoms with Gasteiger partial charge in [-0.05, 0) is 54.7 Å². The third-order valence-corrected chi connectivity index (χ3v) is 5.91. The molecule has 36 heavy (non-hydrogen) atoms. The Morgan fingerprint density at radius 1 is 0.944 bits per heavy atom. The van der Waals surface area contributed by atoms with Crippen LogP contribution in [0.25, 0.3) is 11.1 Å². The minimum atomic E-state index is -0.702. The molecule has 0 aliphatic rings. The van der Waals surface area contributed by atoms with Gasteiger partial charge in [0.15, 0.2) is 0 Å². The number of para-hydroxylation sites is 1. The van der Waals surface area contributed by atoms with E-state index in [1.165, 1.54) is 18.1 Å².